The highest BCUT2D eigenvalue weighted by Gasteiger charge is 2.33. The number of nitrogens with zero attached hydrogens (tertiary/aromatic N) is 3. The average Bonchev–Trinajstić information content (AvgIpc) is 2.98. The Labute approximate surface area is 158 Å². The summed E-state index contributed by atoms with van der Waals surface area (Å²) in [4.78, 5) is 29.3. The van der Waals surface area contributed by atoms with Crippen molar-refractivity contribution in [3.8, 4) is 0 Å². The van der Waals surface area contributed by atoms with E-state index in [1.807, 2.05) is 40.8 Å². The fourth-order valence-corrected chi connectivity index (χ4v) is 4.48. The highest BCUT2D eigenvalue weighted by atomic mass is 35.5. The molecule has 2 fully saturated rings. The first-order chi connectivity index (χ1) is 12.5. The fourth-order valence-electron chi connectivity index (χ4n) is 4.31. The lowest BCUT2D eigenvalue weighted by Gasteiger charge is -2.40. The molecule has 2 aromatic rings. The largest absolute Gasteiger partial charge is 0.340 e. The van der Waals surface area contributed by atoms with Crippen molar-refractivity contribution in [1.82, 2.24) is 14.4 Å². The van der Waals surface area contributed by atoms with E-state index in [2.05, 4.69) is 0 Å². The standard InChI is InChI=1S/C20H24ClN3O2/c1-22-17-12-15(21)8-7-14(17)11-18(22)20(26)23-9-10-24(19(25)13-23)16-5-3-2-4-6-16/h7-8,11-12,16H,2-6,9-10,13H2,1H3. The third-order valence-electron chi connectivity index (χ3n) is 5.79. The number of aryl methyl sites for hydroxylation is 1. The number of benzene rings is 1. The molecular formula is C20H24ClN3O2. The van der Waals surface area contributed by atoms with Crippen molar-refractivity contribution in [1.29, 1.82) is 0 Å². The Hall–Kier alpha value is -2.01. The van der Waals surface area contributed by atoms with Gasteiger partial charge in [-0.1, -0.05) is 36.9 Å². The fraction of sp³-hybridized carbons (Fsp3) is 0.500. The molecule has 1 aromatic heterocycles. The molecule has 2 heterocycles. The van der Waals surface area contributed by atoms with Gasteiger partial charge in [-0.25, -0.2) is 0 Å². The molecule has 1 saturated carbocycles. The van der Waals surface area contributed by atoms with Gasteiger partial charge in [-0.15, -0.1) is 0 Å². The minimum Gasteiger partial charge on any atom is -0.340 e. The van der Waals surface area contributed by atoms with Gasteiger partial charge in [-0.3, -0.25) is 9.59 Å². The lowest BCUT2D eigenvalue weighted by molar-refractivity contribution is -0.138. The molecule has 0 radical (unpaired) electrons. The lowest BCUT2D eigenvalue weighted by atomic mass is 9.93. The Morgan fingerprint density at radius 1 is 1.12 bits per heavy atom. The van der Waals surface area contributed by atoms with E-state index < -0.39 is 0 Å². The van der Waals surface area contributed by atoms with Gasteiger partial charge in [0, 0.05) is 42.1 Å². The van der Waals surface area contributed by atoms with Gasteiger partial charge >= 0.3 is 0 Å². The van der Waals surface area contributed by atoms with Crippen molar-refractivity contribution in [2.75, 3.05) is 19.6 Å². The Morgan fingerprint density at radius 2 is 1.88 bits per heavy atom. The molecule has 1 aromatic carbocycles. The smallest absolute Gasteiger partial charge is 0.271 e. The molecular weight excluding hydrogens is 350 g/mol. The number of amides is 2. The van der Waals surface area contributed by atoms with Crippen LogP contribution in [0.5, 0.6) is 0 Å². The maximum absolute atomic E-state index is 13.0. The van der Waals surface area contributed by atoms with Gasteiger partial charge < -0.3 is 14.4 Å². The molecule has 2 aliphatic rings. The Balaban J connectivity index is 1.51. The van der Waals surface area contributed by atoms with Crippen LogP contribution in [0, 0.1) is 0 Å². The summed E-state index contributed by atoms with van der Waals surface area (Å²) in [5.41, 5.74) is 1.52. The molecule has 26 heavy (non-hydrogen) atoms. The van der Waals surface area contributed by atoms with Gasteiger partial charge in [0.05, 0.1) is 0 Å². The van der Waals surface area contributed by atoms with Crippen LogP contribution in [0.1, 0.15) is 42.6 Å². The van der Waals surface area contributed by atoms with Gasteiger partial charge in [0.1, 0.15) is 12.2 Å². The first kappa shape index (κ1) is 17.4. The van der Waals surface area contributed by atoms with Gasteiger partial charge in [0.25, 0.3) is 5.91 Å². The molecule has 0 bridgehead atoms. The number of carbonyl (C=O) groups is 2. The number of piperazine rings is 1. The first-order valence-corrected chi connectivity index (χ1v) is 9.76. The number of hydrogen-bond acceptors (Lipinski definition) is 2. The summed E-state index contributed by atoms with van der Waals surface area (Å²) < 4.78 is 1.86. The zero-order valence-corrected chi connectivity index (χ0v) is 15.8. The summed E-state index contributed by atoms with van der Waals surface area (Å²) >= 11 is 6.08. The van der Waals surface area contributed by atoms with E-state index >= 15 is 0 Å². The highest BCUT2D eigenvalue weighted by Crippen LogP contribution is 2.26. The van der Waals surface area contributed by atoms with Crippen molar-refractivity contribution < 1.29 is 9.59 Å². The summed E-state index contributed by atoms with van der Waals surface area (Å²) in [6, 6.07) is 7.85. The number of fused-ring (bicyclic) bond motifs is 1. The molecule has 4 rings (SSSR count). The number of carbonyl (C=O) groups excluding carboxylic acids is 2. The minimum absolute atomic E-state index is 0.0818. The molecule has 1 saturated heterocycles. The van der Waals surface area contributed by atoms with E-state index in [0.717, 1.165) is 23.7 Å². The maximum atomic E-state index is 13.0. The van der Waals surface area contributed by atoms with Gasteiger partial charge in [-0.2, -0.15) is 0 Å². The van der Waals surface area contributed by atoms with Gasteiger partial charge in [0.2, 0.25) is 5.91 Å². The predicted octanol–water partition coefficient (Wildman–Crippen LogP) is 3.45. The summed E-state index contributed by atoms with van der Waals surface area (Å²) in [7, 11) is 1.87. The molecule has 0 spiro atoms. The van der Waals surface area contributed by atoms with Crippen molar-refractivity contribution in [3.05, 3.63) is 35.0 Å². The predicted molar refractivity (Wildman–Crippen MR) is 102 cm³/mol. The Kier molecular flexibility index (Phi) is 4.65. The van der Waals surface area contributed by atoms with E-state index in [9.17, 15) is 9.59 Å². The van der Waals surface area contributed by atoms with Crippen LogP contribution >= 0.6 is 11.6 Å². The van der Waals surface area contributed by atoms with E-state index in [1.54, 1.807) is 4.90 Å². The quantitative estimate of drug-likeness (QED) is 0.809. The molecule has 5 nitrogen and oxygen atoms in total. The number of rotatable bonds is 2. The molecule has 6 heteroatoms. The molecule has 138 valence electrons. The molecule has 0 unspecified atom stereocenters. The monoisotopic (exact) mass is 373 g/mol. The number of hydrogen-bond donors (Lipinski definition) is 0. The summed E-state index contributed by atoms with van der Waals surface area (Å²) in [6.07, 6.45) is 5.88. The molecule has 1 aliphatic heterocycles. The third-order valence-corrected chi connectivity index (χ3v) is 6.02. The van der Waals surface area contributed by atoms with Crippen LogP contribution in [0.15, 0.2) is 24.3 Å². The van der Waals surface area contributed by atoms with E-state index in [4.69, 9.17) is 11.6 Å². The van der Waals surface area contributed by atoms with Crippen LogP contribution in [0.3, 0.4) is 0 Å². The van der Waals surface area contributed by atoms with Crippen LogP contribution in [0.2, 0.25) is 5.02 Å². The molecule has 1 aliphatic carbocycles. The van der Waals surface area contributed by atoms with Crippen LogP contribution < -0.4 is 0 Å². The van der Waals surface area contributed by atoms with E-state index in [0.29, 0.717) is 29.8 Å². The summed E-state index contributed by atoms with van der Waals surface area (Å²) in [5.74, 6) is -0.00484. The van der Waals surface area contributed by atoms with Gasteiger partial charge in [0.15, 0.2) is 0 Å². The van der Waals surface area contributed by atoms with Gasteiger partial charge in [-0.05, 0) is 31.0 Å². The van der Waals surface area contributed by atoms with Crippen molar-refractivity contribution in [2.24, 2.45) is 7.05 Å². The highest BCUT2D eigenvalue weighted by molar-refractivity contribution is 6.31. The zero-order valence-electron chi connectivity index (χ0n) is 15.1. The van der Waals surface area contributed by atoms with E-state index in [-0.39, 0.29) is 18.4 Å². The number of halogens is 1. The van der Waals surface area contributed by atoms with Crippen LogP contribution in [-0.2, 0) is 11.8 Å². The summed E-state index contributed by atoms with van der Waals surface area (Å²) in [5, 5.41) is 1.63. The lowest BCUT2D eigenvalue weighted by Crippen LogP contribution is -2.55. The first-order valence-electron chi connectivity index (χ1n) is 9.38. The second-order valence-electron chi connectivity index (χ2n) is 7.40. The van der Waals surface area contributed by atoms with Crippen molar-refractivity contribution in [3.63, 3.8) is 0 Å². The second-order valence-corrected chi connectivity index (χ2v) is 7.83. The topological polar surface area (TPSA) is 45.6 Å². The summed E-state index contributed by atoms with van der Waals surface area (Å²) in [6.45, 7) is 1.42. The SMILES string of the molecule is Cn1c(C(=O)N2CCN(C3CCCCC3)C(=O)C2)cc2ccc(Cl)cc21. The minimum atomic E-state index is -0.0866. The van der Waals surface area contributed by atoms with Crippen LogP contribution in [-0.4, -0.2) is 51.9 Å². The normalized spacial score (nSPS) is 19.4. The van der Waals surface area contributed by atoms with Crippen molar-refractivity contribution >= 4 is 34.3 Å². The van der Waals surface area contributed by atoms with Crippen LogP contribution in [0.25, 0.3) is 10.9 Å². The van der Waals surface area contributed by atoms with Crippen molar-refractivity contribution in [2.45, 2.75) is 38.1 Å². The Bertz CT molecular complexity index is 854. The maximum Gasteiger partial charge on any atom is 0.271 e. The van der Waals surface area contributed by atoms with E-state index in [1.165, 1.54) is 19.3 Å². The molecule has 0 atom stereocenters. The second kappa shape index (κ2) is 6.95. The van der Waals surface area contributed by atoms with Crippen LogP contribution in [0.4, 0.5) is 0 Å². The molecule has 2 amide bonds. The third kappa shape index (κ3) is 3.09. The molecule has 0 N–H and O–H groups in total. The average molecular weight is 374 g/mol. The Morgan fingerprint density at radius 3 is 2.62 bits per heavy atom. The number of aromatic nitrogens is 1. The zero-order chi connectivity index (χ0) is 18.3.